The number of nitrogens with zero attached hydrogens (tertiary/aromatic N) is 3. The van der Waals surface area contributed by atoms with E-state index in [-0.39, 0.29) is 17.2 Å². The number of halogens is 3. The van der Waals surface area contributed by atoms with Crippen LogP contribution < -0.4 is 0 Å². The zero-order valence-corrected chi connectivity index (χ0v) is 15.6. The molecule has 0 fully saturated rings. The Bertz CT molecular complexity index is 952. The van der Waals surface area contributed by atoms with E-state index in [0.29, 0.717) is 17.2 Å². The van der Waals surface area contributed by atoms with Crippen LogP contribution in [0.2, 0.25) is 0 Å². The predicted molar refractivity (Wildman–Crippen MR) is 99.7 cm³/mol. The lowest BCUT2D eigenvalue weighted by Crippen LogP contribution is -2.23. The summed E-state index contributed by atoms with van der Waals surface area (Å²) >= 11 is 1.22. The maximum atomic E-state index is 13.0. The highest BCUT2D eigenvalue weighted by Gasteiger charge is 2.31. The third-order valence-electron chi connectivity index (χ3n) is 4.05. The number of fused-ring (bicyclic) bond motifs is 1. The number of rotatable bonds is 5. The van der Waals surface area contributed by atoms with Gasteiger partial charge in [-0.05, 0) is 23.8 Å². The third-order valence-corrected chi connectivity index (χ3v) is 5.01. The molecule has 3 rings (SSSR count). The zero-order valence-electron chi connectivity index (χ0n) is 14.8. The normalized spacial score (nSPS) is 11.7. The van der Waals surface area contributed by atoms with Gasteiger partial charge in [0.2, 0.25) is 5.91 Å². The molecule has 0 N–H and O–H groups in total. The van der Waals surface area contributed by atoms with Gasteiger partial charge < -0.3 is 9.47 Å². The van der Waals surface area contributed by atoms with Gasteiger partial charge in [-0.2, -0.15) is 13.2 Å². The lowest BCUT2D eigenvalue weighted by Gasteiger charge is -2.11. The van der Waals surface area contributed by atoms with Crippen LogP contribution in [0, 0.1) is 0 Å². The first-order valence-electron chi connectivity index (χ1n) is 8.20. The van der Waals surface area contributed by atoms with Crippen LogP contribution in [0.25, 0.3) is 11.0 Å². The Hall–Kier alpha value is -2.48. The minimum Gasteiger partial charge on any atom is -0.348 e. The minimum atomic E-state index is -4.43. The van der Waals surface area contributed by atoms with Crippen LogP contribution in [-0.2, 0) is 17.5 Å². The molecule has 4 nitrogen and oxygen atoms in total. The number of amides is 1. The fourth-order valence-corrected chi connectivity index (χ4v) is 3.56. The first kappa shape index (κ1) is 19.3. The fraction of sp³-hybridized carbons (Fsp3) is 0.263. The molecule has 0 saturated heterocycles. The molecule has 0 radical (unpaired) electrons. The van der Waals surface area contributed by atoms with Crippen molar-refractivity contribution < 1.29 is 18.0 Å². The standard InChI is InChI=1S/C19H18F3N3OS/c1-24(2)17(26)12-27-18-23-15-10-14(19(20,21)22)8-9-16(15)25(18)11-13-6-4-3-5-7-13/h3-10H,11-12H2,1-2H3. The highest BCUT2D eigenvalue weighted by atomic mass is 32.2. The Morgan fingerprint density at radius 1 is 1.15 bits per heavy atom. The van der Waals surface area contributed by atoms with Gasteiger partial charge in [-0.25, -0.2) is 4.98 Å². The molecule has 142 valence electrons. The molecule has 27 heavy (non-hydrogen) atoms. The number of hydrogen-bond donors (Lipinski definition) is 0. The smallest absolute Gasteiger partial charge is 0.348 e. The topological polar surface area (TPSA) is 38.1 Å². The fourth-order valence-electron chi connectivity index (χ4n) is 2.57. The number of aromatic nitrogens is 2. The molecule has 2 aromatic carbocycles. The Balaban J connectivity index is 2.02. The summed E-state index contributed by atoms with van der Waals surface area (Å²) in [7, 11) is 3.32. The summed E-state index contributed by atoms with van der Waals surface area (Å²) in [5.74, 6) is 0.0753. The summed E-state index contributed by atoms with van der Waals surface area (Å²) in [6.45, 7) is 0.460. The van der Waals surface area contributed by atoms with Crippen LogP contribution in [0.3, 0.4) is 0 Å². The Kier molecular flexibility index (Phi) is 5.46. The minimum absolute atomic E-state index is 0.0886. The quantitative estimate of drug-likeness (QED) is 0.607. The van der Waals surface area contributed by atoms with E-state index in [2.05, 4.69) is 4.98 Å². The molecule has 8 heteroatoms. The number of imidazole rings is 1. The molecule has 1 amide bonds. The van der Waals surface area contributed by atoms with Crippen molar-refractivity contribution in [2.45, 2.75) is 17.9 Å². The molecule has 1 aromatic heterocycles. The van der Waals surface area contributed by atoms with Crippen molar-refractivity contribution in [2.24, 2.45) is 0 Å². The number of benzene rings is 2. The largest absolute Gasteiger partial charge is 0.416 e. The summed E-state index contributed by atoms with van der Waals surface area (Å²) in [5, 5.41) is 0.517. The Morgan fingerprint density at radius 3 is 2.48 bits per heavy atom. The van der Waals surface area contributed by atoms with Crippen molar-refractivity contribution in [3.05, 3.63) is 59.7 Å². The maximum absolute atomic E-state index is 13.0. The maximum Gasteiger partial charge on any atom is 0.416 e. The van der Waals surface area contributed by atoms with Gasteiger partial charge in [-0.3, -0.25) is 4.79 Å². The van der Waals surface area contributed by atoms with E-state index in [1.165, 1.54) is 22.7 Å². The highest BCUT2D eigenvalue weighted by molar-refractivity contribution is 7.99. The summed E-state index contributed by atoms with van der Waals surface area (Å²) < 4.78 is 40.9. The van der Waals surface area contributed by atoms with E-state index in [4.69, 9.17) is 0 Å². The van der Waals surface area contributed by atoms with Crippen molar-refractivity contribution in [1.29, 1.82) is 0 Å². The number of carbonyl (C=O) groups excluding carboxylic acids is 1. The van der Waals surface area contributed by atoms with Gasteiger partial charge in [-0.1, -0.05) is 42.1 Å². The van der Waals surface area contributed by atoms with Crippen LogP contribution in [0.4, 0.5) is 13.2 Å². The predicted octanol–water partition coefficient (Wildman–Crippen LogP) is 4.28. The van der Waals surface area contributed by atoms with Crippen molar-refractivity contribution >= 4 is 28.7 Å². The van der Waals surface area contributed by atoms with Crippen LogP contribution in [-0.4, -0.2) is 40.2 Å². The van der Waals surface area contributed by atoms with Crippen LogP contribution in [0.1, 0.15) is 11.1 Å². The first-order valence-corrected chi connectivity index (χ1v) is 9.18. The zero-order chi connectivity index (χ0) is 19.6. The van der Waals surface area contributed by atoms with Gasteiger partial charge in [0.05, 0.1) is 28.9 Å². The monoisotopic (exact) mass is 393 g/mol. The molecule has 0 atom stereocenters. The molecule has 0 unspecified atom stereocenters. The lowest BCUT2D eigenvalue weighted by molar-refractivity contribution is -0.137. The molecule has 0 spiro atoms. The van der Waals surface area contributed by atoms with Crippen LogP contribution in [0.15, 0.2) is 53.7 Å². The van der Waals surface area contributed by atoms with Gasteiger partial charge >= 0.3 is 6.18 Å². The van der Waals surface area contributed by atoms with Gasteiger partial charge in [-0.15, -0.1) is 0 Å². The molecule has 0 bridgehead atoms. The van der Waals surface area contributed by atoms with Crippen molar-refractivity contribution in [3.8, 4) is 0 Å². The van der Waals surface area contributed by atoms with Crippen molar-refractivity contribution in [3.63, 3.8) is 0 Å². The van der Waals surface area contributed by atoms with E-state index in [1.807, 2.05) is 34.9 Å². The average Bonchev–Trinajstić information content (AvgIpc) is 2.96. The van der Waals surface area contributed by atoms with Gasteiger partial charge in [0.25, 0.3) is 0 Å². The molecule has 0 aliphatic carbocycles. The molecular formula is C19H18F3N3OS. The molecule has 0 aliphatic rings. The van der Waals surface area contributed by atoms with E-state index < -0.39 is 11.7 Å². The van der Waals surface area contributed by atoms with E-state index >= 15 is 0 Å². The van der Waals surface area contributed by atoms with Gasteiger partial charge in [0, 0.05) is 14.1 Å². The summed E-state index contributed by atoms with van der Waals surface area (Å²) in [6.07, 6.45) is -4.43. The van der Waals surface area contributed by atoms with Crippen molar-refractivity contribution in [2.75, 3.05) is 19.8 Å². The molecule has 0 saturated carbocycles. The highest BCUT2D eigenvalue weighted by Crippen LogP contribution is 2.33. The summed E-state index contributed by atoms with van der Waals surface area (Å²) in [5.41, 5.74) is 1.13. The summed E-state index contributed by atoms with van der Waals surface area (Å²) in [6, 6.07) is 13.1. The van der Waals surface area contributed by atoms with Crippen LogP contribution >= 0.6 is 11.8 Å². The van der Waals surface area contributed by atoms with Crippen molar-refractivity contribution in [1.82, 2.24) is 14.5 Å². The number of alkyl halides is 3. The van der Waals surface area contributed by atoms with E-state index in [1.54, 1.807) is 14.1 Å². The second-order valence-corrected chi connectivity index (χ2v) is 7.19. The molecule has 3 aromatic rings. The lowest BCUT2D eigenvalue weighted by atomic mass is 10.2. The van der Waals surface area contributed by atoms with E-state index in [9.17, 15) is 18.0 Å². The SMILES string of the molecule is CN(C)C(=O)CSc1nc2cc(C(F)(F)F)ccc2n1Cc1ccccc1. The number of thioether (sulfide) groups is 1. The van der Waals surface area contributed by atoms with E-state index in [0.717, 1.165) is 17.7 Å². The summed E-state index contributed by atoms with van der Waals surface area (Å²) in [4.78, 5) is 17.7. The van der Waals surface area contributed by atoms with Crippen LogP contribution in [0.5, 0.6) is 0 Å². The first-order chi connectivity index (χ1) is 12.8. The van der Waals surface area contributed by atoms with Gasteiger partial charge in [0.1, 0.15) is 0 Å². The number of carbonyl (C=O) groups is 1. The number of hydrogen-bond acceptors (Lipinski definition) is 3. The average molecular weight is 393 g/mol. The third kappa shape index (κ3) is 4.44. The second kappa shape index (κ2) is 7.64. The molecule has 0 aliphatic heterocycles. The molecule has 1 heterocycles. The molecular weight excluding hydrogens is 375 g/mol. The van der Waals surface area contributed by atoms with Gasteiger partial charge in [0.15, 0.2) is 5.16 Å². The Morgan fingerprint density at radius 2 is 1.85 bits per heavy atom. The second-order valence-electron chi connectivity index (χ2n) is 6.24. The Labute approximate surface area is 159 Å².